The third-order valence-electron chi connectivity index (χ3n) is 4.56. The summed E-state index contributed by atoms with van der Waals surface area (Å²) >= 11 is 6.78. The first-order valence-corrected chi connectivity index (χ1v) is 12.4. The molecule has 2 aromatic carbocycles. The minimum Gasteiger partial charge on any atom is -0.296 e. The van der Waals surface area contributed by atoms with Crippen molar-refractivity contribution >= 4 is 44.0 Å². The van der Waals surface area contributed by atoms with Crippen LogP contribution in [-0.2, 0) is 16.4 Å². The van der Waals surface area contributed by atoms with Crippen molar-refractivity contribution in [2.75, 3.05) is 11.9 Å². The molecule has 3 aromatic rings. The lowest BCUT2D eigenvalue weighted by Gasteiger charge is -2.07. The second kappa shape index (κ2) is 10.3. The summed E-state index contributed by atoms with van der Waals surface area (Å²) in [7, 11) is -3.80. The van der Waals surface area contributed by atoms with Gasteiger partial charge in [-0.1, -0.05) is 73.2 Å². The van der Waals surface area contributed by atoms with E-state index in [2.05, 4.69) is 58.3 Å². The minimum absolute atomic E-state index is 0.0792. The van der Waals surface area contributed by atoms with Gasteiger partial charge in [-0.25, -0.2) is 13.1 Å². The zero-order valence-corrected chi connectivity index (χ0v) is 19.5. The largest absolute Gasteiger partial charge is 0.296 e. The van der Waals surface area contributed by atoms with Crippen molar-refractivity contribution in [3.63, 3.8) is 0 Å². The van der Waals surface area contributed by atoms with Crippen molar-refractivity contribution < 1.29 is 13.2 Å². The number of aromatic nitrogens is 2. The van der Waals surface area contributed by atoms with Gasteiger partial charge >= 0.3 is 0 Å². The first-order chi connectivity index (χ1) is 14.8. The van der Waals surface area contributed by atoms with E-state index >= 15 is 0 Å². The normalized spacial score (nSPS) is 11.6. The van der Waals surface area contributed by atoms with Crippen LogP contribution in [0, 0.1) is 0 Å². The summed E-state index contributed by atoms with van der Waals surface area (Å²) < 4.78 is 27.2. The summed E-state index contributed by atoms with van der Waals surface area (Å²) in [4.78, 5) is 12.3. The Kier molecular flexibility index (Phi) is 7.77. The number of amides is 1. The molecule has 0 fully saturated rings. The van der Waals surface area contributed by atoms with Gasteiger partial charge in [0, 0.05) is 6.54 Å². The van der Waals surface area contributed by atoms with E-state index in [1.807, 2.05) is 0 Å². The summed E-state index contributed by atoms with van der Waals surface area (Å²) in [5.41, 5.74) is 2.70. The van der Waals surface area contributed by atoms with Crippen molar-refractivity contribution in [3.8, 4) is 0 Å². The maximum Gasteiger partial charge on any atom is 0.269 e. The SMILES string of the molecule is CC(C)c1ccc(CCCNS(=O)(=O)c2nnc(NC(=O)c3ccccc3Cl)s2)cc1. The monoisotopic (exact) mass is 478 g/mol. The molecule has 1 aromatic heterocycles. The predicted molar refractivity (Wildman–Crippen MR) is 123 cm³/mol. The molecule has 0 aliphatic rings. The Balaban J connectivity index is 1.52. The lowest BCUT2D eigenvalue weighted by molar-refractivity contribution is 0.102. The molecule has 2 N–H and O–H groups in total. The Hall–Kier alpha value is -2.33. The van der Waals surface area contributed by atoms with Gasteiger partial charge in [0.15, 0.2) is 0 Å². The number of halogens is 1. The van der Waals surface area contributed by atoms with E-state index in [0.29, 0.717) is 12.3 Å². The number of nitrogens with zero attached hydrogens (tertiary/aromatic N) is 2. The second-order valence-electron chi connectivity index (χ2n) is 7.20. The standard InChI is InChI=1S/C21H23ClN4O3S2/c1-14(2)16-11-9-15(10-12-16)6-5-13-23-31(28,29)21-26-25-20(30-21)24-19(27)17-7-3-4-8-18(17)22/h3-4,7-12,14,23H,5-6,13H2,1-2H3,(H,24,25,27). The fourth-order valence-electron chi connectivity index (χ4n) is 2.81. The molecule has 3 rings (SSSR count). The Morgan fingerprint density at radius 2 is 1.81 bits per heavy atom. The molecule has 1 amide bonds. The van der Waals surface area contributed by atoms with Gasteiger partial charge in [-0.15, -0.1) is 10.2 Å². The van der Waals surface area contributed by atoms with Gasteiger partial charge in [-0.05, 0) is 42.0 Å². The average molecular weight is 479 g/mol. The molecule has 164 valence electrons. The lowest BCUT2D eigenvalue weighted by atomic mass is 10.0. The van der Waals surface area contributed by atoms with E-state index in [-0.39, 0.29) is 26.6 Å². The average Bonchev–Trinajstić information content (AvgIpc) is 3.21. The summed E-state index contributed by atoms with van der Waals surface area (Å²) in [6.07, 6.45) is 1.41. The molecular weight excluding hydrogens is 456 g/mol. The number of rotatable bonds is 9. The Morgan fingerprint density at radius 3 is 2.48 bits per heavy atom. The van der Waals surface area contributed by atoms with E-state index < -0.39 is 15.9 Å². The van der Waals surface area contributed by atoms with E-state index in [1.165, 1.54) is 5.56 Å². The molecule has 0 unspecified atom stereocenters. The lowest BCUT2D eigenvalue weighted by Crippen LogP contribution is -2.25. The van der Waals surface area contributed by atoms with E-state index in [0.717, 1.165) is 23.3 Å². The molecule has 0 saturated heterocycles. The third-order valence-corrected chi connectivity index (χ3v) is 7.55. The van der Waals surface area contributed by atoms with Gasteiger partial charge in [0.25, 0.3) is 15.9 Å². The second-order valence-corrected chi connectivity index (χ2v) is 10.5. The summed E-state index contributed by atoms with van der Waals surface area (Å²) in [6.45, 7) is 4.56. The predicted octanol–water partition coefficient (Wildman–Crippen LogP) is 4.48. The van der Waals surface area contributed by atoms with Gasteiger partial charge < -0.3 is 0 Å². The molecule has 1 heterocycles. The molecule has 0 atom stereocenters. The first-order valence-electron chi connectivity index (χ1n) is 9.74. The van der Waals surface area contributed by atoms with Gasteiger partial charge in [-0.3, -0.25) is 10.1 Å². The van der Waals surface area contributed by atoms with Crippen molar-refractivity contribution in [3.05, 3.63) is 70.2 Å². The first kappa shape index (κ1) is 23.3. The highest BCUT2D eigenvalue weighted by atomic mass is 35.5. The highest BCUT2D eigenvalue weighted by Gasteiger charge is 2.21. The number of anilines is 1. The third kappa shape index (κ3) is 6.33. The van der Waals surface area contributed by atoms with Crippen LogP contribution in [-0.4, -0.2) is 31.1 Å². The van der Waals surface area contributed by atoms with Crippen LogP contribution < -0.4 is 10.0 Å². The maximum absolute atomic E-state index is 12.4. The van der Waals surface area contributed by atoms with Crippen molar-refractivity contribution in [2.45, 2.75) is 36.9 Å². The number of sulfonamides is 1. The van der Waals surface area contributed by atoms with Crippen LogP contribution in [0.5, 0.6) is 0 Å². The van der Waals surface area contributed by atoms with Gasteiger partial charge in [0.1, 0.15) is 0 Å². The van der Waals surface area contributed by atoms with Crippen LogP contribution in [0.4, 0.5) is 5.13 Å². The van der Waals surface area contributed by atoms with Crippen LogP contribution in [0.1, 0.15) is 47.7 Å². The number of hydrogen-bond donors (Lipinski definition) is 2. The van der Waals surface area contributed by atoms with Crippen LogP contribution in [0.3, 0.4) is 0 Å². The topological polar surface area (TPSA) is 101 Å². The fraction of sp³-hybridized carbons (Fsp3) is 0.286. The molecule has 10 heteroatoms. The highest BCUT2D eigenvalue weighted by Crippen LogP contribution is 2.22. The fourth-order valence-corrected chi connectivity index (χ4v) is 5.04. The van der Waals surface area contributed by atoms with Crippen LogP contribution in [0.15, 0.2) is 52.9 Å². The molecular formula is C21H23ClN4O3S2. The Labute approximate surface area is 190 Å². The number of nitrogens with one attached hydrogen (secondary N) is 2. The van der Waals surface area contributed by atoms with Crippen molar-refractivity contribution in [2.24, 2.45) is 0 Å². The number of carbonyl (C=O) groups excluding carboxylic acids is 1. The quantitative estimate of drug-likeness (QED) is 0.349. The van der Waals surface area contributed by atoms with Crippen molar-refractivity contribution in [1.29, 1.82) is 0 Å². The van der Waals surface area contributed by atoms with E-state index in [9.17, 15) is 13.2 Å². The maximum atomic E-state index is 12.4. The van der Waals surface area contributed by atoms with Crippen molar-refractivity contribution in [1.82, 2.24) is 14.9 Å². The summed E-state index contributed by atoms with van der Waals surface area (Å²) in [6, 6.07) is 14.9. The number of benzene rings is 2. The van der Waals surface area contributed by atoms with Gasteiger partial charge in [0.05, 0.1) is 10.6 Å². The zero-order valence-electron chi connectivity index (χ0n) is 17.1. The van der Waals surface area contributed by atoms with Crippen LogP contribution in [0.2, 0.25) is 5.02 Å². The van der Waals surface area contributed by atoms with Crippen LogP contribution in [0.25, 0.3) is 0 Å². The van der Waals surface area contributed by atoms with Crippen LogP contribution >= 0.6 is 22.9 Å². The van der Waals surface area contributed by atoms with E-state index in [4.69, 9.17) is 11.6 Å². The zero-order chi connectivity index (χ0) is 22.4. The molecule has 0 spiro atoms. The molecule has 0 radical (unpaired) electrons. The number of carbonyl (C=O) groups is 1. The Morgan fingerprint density at radius 1 is 1.10 bits per heavy atom. The minimum atomic E-state index is -3.80. The number of hydrogen-bond acceptors (Lipinski definition) is 6. The smallest absolute Gasteiger partial charge is 0.269 e. The van der Waals surface area contributed by atoms with Gasteiger partial charge in [-0.2, -0.15) is 0 Å². The molecule has 0 aliphatic carbocycles. The summed E-state index contributed by atoms with van der Waals surface area (Å²) in [5.74, 6) is -0.00531. The van der Waals surface area contributed by atoms with Gasteiger partial charge in [0.2, 0.25) is 9.47 Å². The Bertz CT molecular complexity index is 1150. The summed E-state index contributed by atoms with van der Waals surface area (Å²) in [5, 5.41) is 10.3. The molecule has 0 aliphatic heterocycles. The number of aryl methyl sites for hydroxylation is 1. The molecule has 31 heavy (non-hydrogen) atoms. The van der Waals surface area contributed by atoms with E-state index in [1.54, 1.807) is 24.3 Å². The highest BCUT2D eigenvalue weighted by molar-refractivity contribution is 7.91. The molecule has 7 nitrogen and oxygen atoms in total. The molecule has 0 bridgehead atoms. The molecule has 0 saturated carbocycles.